The highest BCUT2D eigenvalue weighted by Gasteiger charge is 2.70. The molecule has 9 nitrogen and oxygen atoms in total. The van der Waals surface area contributed by atoms with Crippen molar-refractivity contribution in [3.05, 3.63) is 89.4 Å². The van der Waals surface area contributed by atoms with Crippen LogP contribution in [0.1, 0.15) is 16.7 Å². The number of H-pyrrole nitrogens is 1. The van der Waals surface area contributed by atoms with Gasteiger partial charge in [0.25, 0.3) is 0 Å². The number of likely N-dealkylation sites (tertiary alicyclic amines) is 1. The lowest BCUT2D eigenvalue weighted by Gasteiger charge is -2.29. The summed E-state index contributed by atoms with van der Waals surface area (Å²) in [5.74, 6) is -2.45. The van der Waals surface area contributed by atoms with Crippen LogP contribution < -0.4 is 20.1 Å². The molecule has 42 heavy (non-hydrogen) atoms. The van der Waals surface area contributed by atoms with E-state index in [9.17, 15) is 18.8 Å². The first-order chi connectivity index (χ1) is 20.3. The zero-order valence-corrected chi connectivity index (χ0v) is 23.1. The lowest BCUT2D eigenvalue weighted by molar-refractivity contribution is -0.142. The van der Waals surface area contributed by atoms with E-state index in [0.717, 1.165) is 22.0 Å². The van der Waals surface area contributed by atoms with Gasteiger partial charge in [0.2, 0.25) is 17.7 Å². The molecule has 2 saturated heterocycles. The van der Waals surface area contributed by atoms with E-state index in [4.69, 9.17) is 9.47 Å². The van der Waals surface area contributed by atoms with Crippen LogP contribution in [0.2, 0.25) is 0 Å². The molecule has 3 amide bonds. The third-order valence-electron chi connectivity index (χ3n) is 8.96. The first-order valence-electron chi connectivity index (χ1n) is 13.9. The summed E-state index contributed by atoms with van der Waals surface area (Å²) in [6.07, 6.45) is 2.68. The quantitative estimate of drug-likeness (QED) is 0.294. The van der Waals surface area contributed by atoms with E-state index in [-0.39, 0.29) is 12.5 Å². The molecule has 1 aromatic heterocycles. The van der Waals surface area contributed by atoms with Crippen LogP contribution in [-0.4, -0.2) is 54.4 Å². The van der Waals surface area contributed by atoms with Crippen molar-refractivity contribution >= 4 is 34.3 Å². The summed E-state index contributed by atoms with van der Waals surface area (Å²) in [4.78, 5) is 46.5. The monoisotopic (exact) mass is 568 g/mol. The molecule has 214 valence electrons. The molecule has 0 aliphatic carbocycles. The zero-order valence-electron chi connectivity index (χ0n) is 23.1. The molecule has 3 aromatic carbocycles. The maximum Gasteiger partial charge on any atom is 0.250 e. The number of halogens is 1. The van der Waals surface area contributed by atoms with Crippen LogP contribution in [-0.2, 0) is 32.8 Å². The van der Waals surface area contributed by atoms with Gasteiger partial charge in [-0.15, -0.1) is 0 Å². The molecule has 4 heterocycles. The number of nitrogens with zero attached hydrogens (tertiary/aromatic N) is 1. The topological polar surface area (TPSA) is 113 Å². The van der Waals surface area contributed by atoms with Crippen molar-refractivity contribution in [2.45, 2.75) is 24.4 Å². The number of rotatable bonds is 7. The van der Waals surface area contributed by atoms with Gasteiger partial charge in [0.15, 0.2) is 11.5 Å². The number of imide groups is 1. The molecule has 0 unspecified atom stereocenters. The highest BCUT2D eigenvalue weighted by molar-refractivity contribution is 6.15. The lowest BCUT2D eigenvalue weighted by Crippen LogP contribution is -2.53. The smallest absolute Gasteiger partial charge is 0.250 e. The molecule has 10 heteroatoms. The summed E-state index contributed by atoms with van der Waals surface area (Å²) in [5, 5.41) is 7.23. The van der Waals surface area contributed by atoms with Gasteiger partial charge >= 0.3 is 0 Å². The third-order valence-corrected chi connectivity index (χ3v) is 8.96. The van der Waals surface area contributed by atoms with Crippen LogP contribution in [0.15, 0.2) is 66.9 Å². The molecule has 0 saturated carbocycles. The first-order valence-corrected chi connectivity index (χ1v) is 13.9. The van der Waals surface area contributed by atoms with Crippen LogP contribution in [0.4, 0.5) is 10.1 Å². The van der Waals surface area contributed by atoms with Gasteiger partial charge in [0.1, 0.15) is 11.4 Å². The predicted octanol–water partition coefficient (Wildman–Crippen LogP) is 3.53. The number of amides is 3. The molecule has 4 atom stereocenters. The fourth-order valence-electron chi connectivity index (χ4n) is 7.04. The largest absolute Gasteiger partial charge is 0.493 e. The standard InChI is InChI=1S/C32H29FN4O5/c1-41-25-10-7-17(13-26(25)42-2)11-12-37-29(38)27-24(14-18-16-34-22-6-4-3-5-20(18)22)36-32(28(27)30(37)39)21-15-19(33)8-9-23(21)35-31(32)40/h3-10,13,15-16,24,27-28,34,36H,11-12,14H2,1-2H3,(H,35,40)/t24-,27+,28+,32-/m1/s1. The van der Waals surface area contributed by atoms with Crippen molar-refractivity contribution in [1.29, 1.82) is 0 Å². The van der Waals surface area contributed by atoms with Gasteiger partial charge in [-0.2, -0.15) is 0 Å². The average Bonchev–Trinajstić information content (AvgIpc) is 3.71. The maximum absolute atomic E-state index is 14.6. The SMILES string of the molecule is COc1ccc(CCN2C(=O)[C@@H]3[C@@H](C2=O)[C@@]2(N[C@@H]3Cc3c[nH]c4ccccc34)C(=O)Nc3ccc(F)cc32)cc1OC. The molecule has 2 fully saturated rings. The van der Waals surface area contributed by atoms with E-state index in [0.29, 0.717) is 35.6 Å². The van der Waals surface area contributed by atoms with E-state index < -0.39 is 41.0 Å². The number of fused-ring (bicyclic) bond motifs is 5. The number of carbonyl (C=O) groups is 3. The van der Waals surface area contributed by atoms with Crippen LogP contribution in [0.3, 0.4) is 0 Å². The van der Waals surface area contributed by atoms with Gasteiger partial charge < -0.3 is 19.8 Å². The van der Waals surface area contributed by atoms with Crippen molar-refractivity contribution < 1.29 is 28.2 Å². The van der Waals surface area contributed by atoms with E-state index in [1.165, 1.54) is 23.1 Å². The number of hydrogen-bond donors (Lipinski definition) is 3. The van der Waals surface area contributed by atoms with Gasteiger partial charge in [0, 0.05) is 40.9 Å². The Hall–Kier alpha value is -4.70. The number of nitrogens with one attached hydrogen (secondary N) is 3. The van der Waals surface area contributed by atoms with Crippen molar-refractivity contribution in [3.8, 4) is 11.5 Å². The summed E-state index contributed by atoms with van der Waals surface area (Å²) < 4.78 is 25.3. The predicted molar refractivity (Wildman–Crippen MR) is 153 cm³/mol. The van der Waals surface area contributed by atoms with Gasteiger partial charge in [-0.05, 0) is 60.4 Å². The summed E-state index contributed by atoms with van der Waals surface area (Å²) in [6, 6.07) is 16.8. The molecule has 1 spiro atoms. The van der Waals surface area contributed by atoms with Crippen molar-refractivity contribution in [2.75, 3.05) is 26.1 Å². The fraction of sp³-hybridized carbons (Fsp3) is 0.281. The highest BCUT2D eigenvalue weighted by Crippen LogP contribution is 2.53. The Labute approximate surface area is 241 Å². The number of para-hydroxylation sites is 1. The summed E-state index contributed by atoms with van der Waals surface area (Å²) >= 11 is 0. The van der Waals surface area contributed by atoms with Gasteiger partial charge in [-0.1, -0.05) is 24.3 Å². The van der Waals surface area contributed by atoms with Crippen LogP contribution in [0.5, 0.6) is 11.5 Å². The second-order valence-electron chi connectivity index (χ2n) is 11.0. The molecule has 3 aliphatic heterocycles. The average molecular weight is 569 g/mol. The number of benzene rings is 3. The van der Waals surface area contributed by atoms with E-state index >= 15 is 0 Å². The van der Waals surface area contributed by atoms with Gasteiger partial charge in [-0.25, -0.2) is 4.39 Å². The maximum atomic E-state index is 14.6. The normalized spacial score (nSPS) is 24.4. The first kappa shape index (κ1) is 26.2. The van der Waals surface area contributed by atoms with Gasteiger partial charge in [0.05, 0.1) is 26.1 Å². The van der Waals surface area contributed by atoms with Crippen LogP contribution >= 0.6 is 0 Å². The lowest BCUT2D eigenvalue weighted by atomic mass is 9.76. The highest BCUT2D eigenvalue weighted by atomic mass is 19.1. The summed E-state index contributed by atoms with van der Waals surface area (Å²) in [5.41, 5.74) is 1.99. The number of aromatic nitrogens is 1. The fourth-order valence-corrected chi connectivity index (χ4v) is 7.04. The number of hydrogen-bond acceptors (Lipinski definition) is 6. The zero-order chi connectivity index (χ0) is 29.2. The number of carbonyl (C=O) groups excluding carboxylic acids is 3. The van der Waals surface area contributed by atoms with E-state index in [1.807, 2.05) is 42.6 Å². The molecule has 0 bridgehead atoms. The number of aromatic amines is 1. The molecular weight excluding hydrogens is 539 g/mol. The number of anilines is 1. The Morgan fingerprint density at radius 1 is 0.952 bits per heavy atom. The number of ether oxygens (including phenoxy) is 2. The van der Waals surface area contributed by atoms with E-state index in [2.05, 4.69) is 15.6 Å². The Morgan fingerprint density at radius 2 is 1.76 bits per heavy atom. The van der Waals surface area contributed by atoms with Crippen molar-refractivity contribution in [2.24, 2.45) is 11.8 Å². The van der Waals surface area contributed by atoms with Crippen LogP contribution in [0, 0.1) is 17.7 Å². The minimum Gasteiger partial charge on any atom is -0.493 e. The van der Waals surface area contributed by atoms with Gasteiger partial charge in [-0.3, -0.25) is 24.6 Å². The van der Waals surface area contributed by atoms with Crippen LogP contribution in [0.25, 0.3) is 10.9 Å². The summed E-state index contributed by atoms with van der Waals surface area (Å²) in [7, 11) is 3.10. The molecule has 0 radical (unpaired) electrons. The molecule has 3 aliphatic rings. The molecule has 3 N–H and O–H groups in total. The van der Waals surface area contributed by atoms with Crippen molar-refractivity contribution in [3.63, 3.8) is 0 Å². The minimum absolute atomic E-state index is 0.133. The van der Waals surface area contributed by atoms with E-state index in [1.54, 1.807) is 20.3 Å². The Kier molecular flexibility index (Phi) is 6.05. The summed E-state index contributed by atoms with van der Waals surface area (Å²) in [6.45, 7) is 0.133. The third kappa shape index (κ3) is 3.75. The van der Waals surface area contributed by atoms with Crippen molar-refractivity contribution in [1.82, 2.24) is 15.2 Å². The Morgan fingerprint density at radius 3 is 2.57 bits per heavy atom. The Balaban J connectivity index is 1.26. The molecule has 7 rings (SSSR count). The molecule has 4 aromatic rings. The number of methoxy groups -OCH3 is 2. The Bertz CT molecular complexity index is 1770. The second-order valence-corrected chi connectivity index (χ2v) is 11.0. The second kappa shape index (κ2) is 9.70. The molecular formula is C32H29FN4O5. The minimum atomic E-state index is -1.57.